The Morgan fingerprint density at radius 3 is 2.48 bits per heavy atom. The minimum atomic E-state index is -0.713. The first-order valence-corrected chi connectivity index (χ1v) is 8.21. The zero-order chi connectivity index (χ0) is 15.1. The maximum Gasteiger partial charge on any atom is 0.320 e. The van der Waals surface area contributed by atoms with E-state index in [1.807, 2.05) is 6.92 Å². The third-order valence-electron chi connectivity index (χ3n) is 4.65. The molecule has 1 saturated carbocycles. The van der Waals surface area contributed by atoms with Crippen molar-refractivity contribution in [2.45, 2.75) is 57.4 Å². The number of rotatable bonds is 7. The van der Waals surface area contributed by atoms with Gasteiger partial charge in [-0.2, -0.15) is 0 Å². The van der Waals surface area contributed by atoms with Crippen LogP contribution in [0.25, 0.3) is 0 Å². The Hall–Kier alpha value is -1.35. The molecule has 0 bridgehead atoms. The summed E-state index contributed by atoms with van der Waals surface area (Å²) in [4.78, 5) is 11.1. The molecule has 0 radical (unpaired) electrons. The Kier molecular flexibility index (Phi) is 6.24. The third-order valence-corrected chi connectivity index (χ3v) is 4.65. The largest absolute Gasteiger partial charge is 0.480 e. The van der Waals surface area contributed by atoms with Crippen molar-refractivity contribution in [3.63, 3.8) is 0 Å². The molecule has 1 fully saturated rings. The van der Waals surface area contributed by atoms with Gasteiger partial charge in [0.05, 0.1) is 0 Å². The van der Waals surface area contributed by atoms with Crippen LogP contribution in [0.2, 0.25) is 0 Å². The Morgan fingerprint density at radius 2 is 1.90 bits per heavy atom. The van der Waals surface area contributed by atoms with Crippen molar-refractivity contribution in [3.05, 3.63) is 35.9 Å². The first-order chi connectivity index (χ1) is 10.2. The molecule has 0 aliphatic heterocycles. The molecule has 116 valence electrons. The molecule has 0 heterocycles. The Morgan fingerprint density at radius 1 is 1.24 bits per heavy atom. The first kappa shape index (κ1) is 16.0. The zero-order valence-corrected chi connectivity index (χ0v) is 12.9. The maximum atomic E-state index is 11.1. The van der Waals surface area contributed by atoms with Crippen LogP contribution < -0.4 is 5.32 Å². The van der Waals surface area contributed by atoms with E-state index in [1.165, 1.54) is 31.2 Å². The topological polar surface area (TPSA) is 49.3 Å². The van der Waals surface area contributed by atoms with E-state index >= 15 is 0 Å². The SMILES string of the molecule is CCCC(NCC1CCC(c2ccccc2)CC1)C(=O)O. The Labute approximate surface area is 127 Å². The number of carboxylic acids is 1. The van der Waals surface area contributed by atoms with Crippen molar-refractivity contribution in [3.8, 4) is 0 Å². The van der Waals surface area contributed by atoms with Gasteiger partial charge in [0.2, 0.25) is 0 Å². The van der Waals surface area contributed by atoms with Crippen molar-refractivity contribution >= 4 is 5.97 Å². The van der Waals surface area contributed by atoms with Crippen LogP contribution in [-0.2, 0) is 4.79 Å². The van der Waals surface area contributed by atoms with Crippen LogP contribution in [0.15, 0.2) is 30.3 Å². The lowest BCUT2D eigenvalue weighted by Crippen LogP contribution is -2.40. The quantitative estimate of drug-likeness (QED) is 0.802. The number of nitrogens with one attached hydrogen (secondary N) is 1. The second kappa shape index (κ2) is 8.18. The summed E-state index contributed by atoms with van der Waals surface area (Å²) < 4.78 is 0. The van der Waals surface area contributed by atoms with Gasteiger partial charge in [-0.05, 0) is 56.0 Å². The molecule has 3 nitrogen and oxygen atoms in total. The normalized spacial score (nSPS) is 23.7. The van der Waals surface area contributed by atoms with Crippen LogP contribution >= 0.6 is 0 Å². The van der Waals surface area contributed by atoms with E-state index in [-0.39, 0.29) is 6.04 Å². The maximum absolute atomic E-state index is 11.1. The molecule has 2 N–H and O–H groups in total. The second-order valence-corrected chi connectivity index (χ2v) is 6.22. The molecule has 1 aliphatic rings. The van der Waals surface area contributed by atoms with Gasteiger partial charge in [0.1, 0.15) is 6.04 Å². The summed E-state index contributed by atoms with van der Waals surface area (Å²) in [5.74, 6) is 0.604. The molecule has 0 saturated heterocycles. The number of hydrogen-bond donors (Lipinski definition) is 2. The number of benzene rings is 1. The van der Waals surface area contributed by atoms with Crippen molar-refractivity contribution in [1.82, 2.24) is 5.32 Å². The fourth-order valence-corrected chi connectivity index (χ4v) is 3.34. The molecule has 0 amide bonds. The van der Waals surface area contributed by atoms with E-state index in [9.17, 15) is 4.79 Å². The van der Waals surface area contributed by atoms with Gasteiger partial charge in [0.25, 0.3) is 0 Å². The summed E-state index contributed by atoms with van der Waals surface area (Å²) >= 11 is 0. The average Bonchev–Trinajstić information content (AvgIpc) is 2.52. The van der Waals surface area contributed by atoms with Crippen LogP contribution in [0, 0.1) is 5.92 Å². The molecule has 0 aromatic heterocycles. The standard InChI is InChI=1S/C18H27NO2/c1-2-6-17(18(20)21)19-13-14-9-11-16(12-10-14)15-7-4-3-5-8-15/h3-5,7-8,14,16-17,19H,2,6,9-13H2,1H3,(H,20,21). The summed E-state index contributed by atoms with van der Waals surface area (Å²) in [6, 6.07) is 10.4. The van der Waals surface area contributed by atoms with Crippen LogP contribution in [0.5, 0.6) is 0 Å². The molecule has 1 atom stereocenters. The Bertz CT molecular complexity index is 424. The minimum Gasteiger partial charge on any atom is -0.480 e. The lowest BCUT2D eigenvalue weighted by Gasteiger charge is -2.29. The van der Waals surface area contributed by atoms with Gasteiger partial charge in [-0.15, -0.1) is 0 Å². The highest BCUT2D eigenvalue weighted by molar-refractivity contribution is 5.73. The minimum absolute atomic E-state index is 0.373. The van der Waals surface area contributed by atoms with Crippen LogP contribution in [0.4, 0.5) is 0 Å². The highest BCUT2D eigenvalue weighted by atomic mass is 16.4. The highest BCUT2D eigenvalue weighted by Gasteiger charge is 2.24. The fourth-order valence-electron chi connectivity index (χ4n) is 3.34. The first-order valence-electron chi connectivity index (χ1n) is 8.21. The number of aliphatic carboxylic acids is 1. The van der Waals surface area contributed by atoms with Gasteiger partial charge in [0, 0.05) is 0 Å². The summed E-state index contributed by atoms with van der Waals surface area (Å²) in [5.41, 5.74) is 1.46. The highest BCUT2D eigenvalue weighted by Crippen LogP contribution is 2.35. The molecular formula is C18H27NO2. The van der Waals surface area contributed by atoms with E-state index < -0.39 is 5.97 Å². The third kappa shape index (κ3) is 4.85. The molecular weight excluding hydrogens is 262 g/mol. The molecule has 3 heteroatoms. The number of carboxylic acid groups (broad SMARTS) is 1. The number of hydrogen-bond acceptors (Lipinski definition) is 2. The average molecular weight is 289 g/mol. The Balaban J connectivity index is 1.75. The van der Waals surface area contributed by atoms with E-state index in [4.69, 9.17) is 5.11 Å². The predicted octanol–water partition coefficient (Wildman–Crippen LogP) is 3.80. The lowest BCUT2D eigenvalue weighted by molar-refractivity contribution is -0.139. The number of carbonyl (C=O) groups is 1. The van der Waals surface area contributed by atoms with Gasteiger partial charge in [-0.25, -0.2) is 0 Å². The van der Waals surface area contributed by atoms with Crippen molar-refractivity contribution in [2.75, 3.05) is 6.54 Å². The summed E-state index contributed by atoms with van der Waals surface area (Å²) in [6.45, 7) is 2.88. The van der Waals surface area contributed by atoms with Crippen LogP contribution in [0.3, 0.4) is 0 Å². The summed E-state index contributed by atoms with van der Waals surface area (Å²) in [7, 11) is 0. The molecule has 21 heavy (non-hydrogen) atoms. The summed E-state index contributed by atoms with van der Waals surface area (Å²) in [6.07, 6.45) is 6.47. The van der Waals surface area contributed by atoms with Gasteiger partial charge in [-0.3, -0.25) is 4.79 Å². The van der Waals surface area contributed by atoms with Gasteiger partial charge >= 0.3 is 5.97 Å². The molecule has 1 aromatic carbocycles. The molecule has 1 unspecified atom stereocenters. The summed E-state index contributed by atoms with van der Waals surface area (Å²) in [5, 5.41) is 12.4. The van der Waals surface area contributed by atoms with E-state index in [2.05, 4.69) is 35.6 Å². The van der Waals surface area contributed by atoms with Gasteiger partial charge in [0.15, 0.2) is 0 Å². The van der Waals surface area contributed by atoms with E-state index in [0.717, 1.165) is 13.0 Å². The fraction of sp³-hybridized carbons (Fsp3) is 0.611. The van der Waals surface area contributed by atoms with Gasteiger partial charge in [-0.1, -0.05) is 43.7 Å². The van der Waals surface area contributed by atoms with Crippen molar-refractivity contribution < 1.29 is 9.90 Å². The van der Waals surface area contributed by atoms with Crippen LogP contribution in [-0.4, -0.2) is 23.7 Å². The lowest BCUT2D eigenvalue weighted by atomic mass is 9.78. The second-order valence-electron chi connectivity index (χ2n) is 6.22. The molecule has 0 spiro atoms. The molecule has 2 rings (SSSR count). The van der Waals surface area contributed by atoms with E-state index in [0.29, 0.717) is 18.3 Å². The van der Waals surface area contributed by atoms with E-state index in [1.54, 1.807) is 0 Å². The molecule has 1 aliphatic carbocycles. The smallest absolute Gasteiger partial charge is 0.320 e. The monoisotopic (exact) mass is 289 g/mol. The molecule has 1 aromatic rings. The van der Waals surface area contributed by atoms with Gasteiger partial charge < -0.3 is 10.4 Å². The van der Waals surface area contributed by atoms with Crippen molar-refractivity contribution in [1.29, 1.82) is 0 Å². The zero-order valence-electron chi connectivity index (χ0n) is 12.9. The van der Waals surface area contributed by atoms with Crippen molar-refractivity contribution in [2.24, 2.45) is 5.92 Å². The van der Waals surface area contributed by atoms with Crippen LogP contribution in [0.1, 0.15) is 56.9 Å². The predicted molar refractivity (Wildman–Crippen MR) is 85.5 cm³/mol.